The molecule has 124 valence electrons. The zero-order chi connectivity index (χ0) is 16.7. The van der Waals surface area contributed by atoms with E-state index in [4.69, 9.17) is 0 Å². The van der Waals surface area contributed by atoms with Crippen LogP contribution < -0.4 is 5.32 Å². The molecule has 1 N–H and O–H groups in total. The minimum atomic E-state index is -0.238. The molecule has 0 spiro atoms. The number of rotatable bonds is 2. The van der Waals surface area contributed by atoms with Crippen LogP contribution in [0.5, 0.6) is 0 Å². The van der Waals surface area contributed by atoms with Crippen molar-refractivity contribution in [3.05, 3.63) is 58.9 Å². The summed E-state index contributed by atoms with van der Waals surface area (Å²) < 4.78 is 13.3. The predicted octanol–water partition coefficient (Wildman–Crippen LogP) is 3.55. The molecular weight excluding hydrogens is 303 g/mol. The average molecular weight is 324 g/mol. The summed E-state index contributed by atoms with van der Waals surface area (Å²) in [6, 6.07) is 10.8. The summed E-state index contributed by atoms with van der Waals surface area (Å²) in [5.74, 6) is 0.240. The van der Waals surface area contributed by atoms with Gasteiger partial charge in [0.1, 0.15) is 5.82 Å². The van der Waals surface area contributed by atoms with E-state index in [1.54, 1.807) is 0 Å². The first-order chi connectivity index (χ1) is 11.6. The van der Waals surface area contributed by atoms with Crippen molar-refractivity contribution in [2.45, 2.75) is 25.3 Å². The van der Waals surface area contributed by atoms with Crippen molar-refractivity contribution in [3.63, 3.8) is 0 Å². The fraction of sp³-hybridized carbons (Fsp3) is 0.350. The van der Waals surface area contributed by atoms with Crippen LogP contribution in [0.1, 0.15) is 40.2 Å². The fourth-order valence-corrected chi connectivity index (χ4v) is 3.83. The molecule has 1 saturated heterocycles. The Labute approximate surface area is 141 Å². The Morgan fingerprint density at radius 2 is 1.79 bits per heavy atom. The molecule has 4 rings (SSSR count). The Morgan fingerprint density at radius 3 is 2.50 bits per heavy atom. The summed E-state index contributed by atoms with van der Waals surface area (Å²) in [7, 11) is 2.16. The monoisotopic (exact) mass is 324 g/mol. The summed E-state index contributed by atoms with van der Waals surface area (Å²) in [4.78, 5) is 14.4. The molecule has 24 heavy (non-hydrogen) atoms. The average Bonchev–Trinajstić information content (AvgIpc) is 2.96. The van der Waals surface area contributed by atoms with E-state index in [1.807, 2.05) is 18.2 Å². The molecule has 0 radical (unpaired) electrons. The topological polar surface area (TPSA) is 32.3 Å². The van der Waals surface area contributed by atoms with Crippen LogP contribution in [0.3, 0.4) is 0 Å². The Morgan fingerprint density at radius 1 is 1.08 bits per heavy atom. The zero-order valence-corrected chi connectivity index (χ0v) is 13.8. The van der Waals surface area contributed by atoms with E-state index < -0.39 is 0 Å². The van der Waals surface area contributed by atoms with Crippen LogP contribution in [-0.4, -0.2) is 30.9 Å². The van der Waals surface area contributed by atoms with Crippen LogP contribution >= 0.6 is 0 Å². The molecule has 0 saturated carbocycles. The normalized spacial score (nSPS) is 18.5. The van der Waals surface area contributed by atoms with E-state index in [0.29, 0.717) is 12.5 Å². The van der Waals surface area contributed by atoms with E-state index in [2.05, 4.69) is 23.3 Å². The van der Waals surface area contributed by atoms with Gasteiger partial charge in [0.15, 0.2) is 0 Å². The molecule has 2 aromatic rings. The predicted molar refractivity (Wildman–Crippen MR) is 92.5 cm³/mol. The molecule has 1 amide bonds. The van der Waals surface area contributed by atoms with Gasteiger partial charge in [-0.15, -0.1) is 0 Å². The second-order valence-corrected chi connectivity index (χ2v) is 6.86. The van der Waals surface area contributed by atoms with E-state index in [9.17, 15) is 9.18 Å². The van der Waals surface area contributed by atoms with Gasteiger partial charge in [-0.1, -0.05) is 18.2 Å². The highest BCUT2D eigenvalue weighted by Gasteiger charge is 2.26. The third-order valence-corrected chi connectivity index (χ3v) is 5.27. The largest absolute Gasteiger partial charge is 0.348 e. The van der Waals surface area contributed by atoms with Gasteiger partial charge in [-0.25, -0.2) is 4.39 Å². The molecular formula is C20H21FN2O. The number of likely N-dealkylation sites (tertiary alicyclic amines) is 1. The number of benzene rings is 2. The number of nitrogens with zero attached hydrogens (tertiary/aromatic N) is 1. The van der Waals surface area contributed by atoms with Gasteiger partial charge < -0.3 is 10.2 Å². The van der Waals surface area contributed by atoms with Gasteiger partial charge in [0.25, 0.3) is 5.91 Å². The van der Waals surface area contributed by atoms with Gasteiger partial charge in [0.05, 0.1) is 0 Å². The maximum Gasteiger partial charge on any atom is 0.251 e. The van der Waals surface area contributed by atoms with Gasteiger partial charge in [0, 0.05) is 12.1 Å². The minimum Gasteiger partial charge on any atom is -0.348 e. The van der Waals surface area contributed by atoms with Crippen LogP contribution in [0.4, 0.5) is 4.39 Å². The van der Waals surface area contributed by atoms with E-state index in [0.717, 1.165) is 48.2 Å². The van der Waals surface area contributed by atoms with Gasteiger partial charge in [-0.3, -0.25) is 4.79 Å². The summed E-state index contributed by atoms with van der Waals surface area (Å²) in [5, 5.41) is 2.90. The summed E-state index contributed by atoms with van der Waals surface area (Å²) >= 11 is 0. The lowest BCUT2D eigenvalue weighted by atomic mass is 9.82. The van der Waals surface area contributed by atoms with E-state index in [1.165, 1.54) is 17.7 Å². The number of hydrogen-bond acceptors (Lipinski definition) is 2. The highest BCUT2D eigenvalue weighted by atomic mass is 19.1. The van der Waals surface area contributed by atoms with Crippen molar-refractivity contribution in [3.8, 4) is 11.1 Å². The first-order valence-corrected chi connectivity index (χ1v) is 8.51. The maximum absolute atomic E-state index is 13.3. The Balaban J connectivity index is 1.81. The number of halogens is 1. The molecule has 1 fully saturated rings. The molecule has 2 aromatic carbocycles. The van der Waals surface area contributed by atoms with E-state index >= 15 is 0 Å². The zero-order valence-electron chi connectivity index (χ0n) is 13.8. The lowest BCUT2D eigenvalue weighted by Gasteiger charge is -2.30. The number of carbonyl (C=O) groups is 1. The number of fused-ring (bicyclic) bond motifs is 1. The Hall–Kier alpha value is -2.20. The maximum atomic E-state index is 13.3. The first kappa shape index (κ1) is 15.3. The quantitative estimate of drug-likeness (QED) is 0.916. The number of amides is 1. The number of hydrogen-bond donors (Lipinski definition) is 1. The SMILES string of the molecule is CN1CCC(c2cc3c(cc2-c2ccc(F)cc2)C(=O)NC3)CC1. The molecule has 0 atom stereocenters. The molecule has 0 bridgehead atoms. The third-order valence-electron chi connectivity index (χ3n) is 5.27. The standard InChI is InChI=1S/C20H21FN2O/c1-23-8-6-14(7-9-23)17-10-15-12-22-20(24)19(15)11-18(17)13-2-4-16(21)5-3-13/h2-5,10-11,14H,6-9,12H2,1H3,(H,22,24). The van der Waals surface area contributed by atoms with Crippen LogP contribution in [0.15, 0.2) is 36.4 Å². The van der Waals surface area contributed by atoms with E-state index in [-0.39, 0.29) is 11.7 Å². The highest BCUT2D eigenvalue weighted by molar-refractivity contribution is 5.99. The van der Waals surface area contributed by atoms with Gasteiger partial charge in [-0.2, -0.15) is 0 Å². The molecule has 0 aromatic heterocycles. The second kappa shape index (κ2) is 6.02. The van der Waals surface area contributed by atoms with Crippen molar-refractivity contribution >= 4 is 5.91 Å². The summed E-state index contributed by atoms with van der Waals surface area (Å²) in [5.41, 5.74) is 5.18. The minimum absolute atomic E-state index is 0.0108. The van der Waals surface area contributed by atoms with Gasteiger partial charge in [-0.05, 0) is 79.3 Å². The highest BCUT2D eigenvalue weighted by Crippen LogP contribution is 2.38. The van der Waals surface area contributed by atoms with Gasteiger partial charge >= 0.3 is 0 Å². The van der Waals surface area contributed by atoms with Crippen molar-refractivity contribution in [1.82, 2.24) is 10.2 Å². The molecule has 4 heteroatoms. The Bertz CT molecular complexity index is 777. The summed E-state index contributed by atoms with van der Waals surface area (Å²) in [6.07, 6.45) is 2.23. The fourth-order valence-electron chi connectivity index (χ4n) is 3.83. The Kier molecular flexibility index (Phi) is 3.85. The van der Waals surface area contributed by atoms with Crippen LogP contribution in [0.25, 0.3) is 11.1 Å². The summed E-state index contributed by atoms with van der Waals surface area (Å²) in [6.45, 7) is 2.78. The number of carbonyl (C=O) groups excluding carboxylic acids is 1. The van der Waals surface area contributed by atoms with Crippen molar-refractivity contribution in [1.29, 1.82) is 0 Å². The first-order valence-electron chi connectivity index (χ1n) is 8.51. The molecule has 0 aliphatic carbocycles. The van der Waals surface area contributed by atoms with Crippen molar-refractivity contribution in [2.24, 2.45) is 0 Å². The molecule has 0 unspecified atom stereocenters. The lowest BCUT2D eigenvalue weighted by molar-refractivity contribution is 0.0966. The van der Waals surface area contributed by atoms with Crippen molar-refractivity contribution < 1.29 is 9.18 Å². The second-order valence-electron chi connectivity index (χ2n) is 6.86. The van der Waals surface area contributed by atoms with Crippen molar-refractivity contribution in [2.75, 3.05) is 20.1 Å². The van der Waals surface area contributed by atoms with Gasteiger partial charge in [0.2, 0.25) is 0 Å². The molecule has 3 nitrogen and oxygen atoms in total. The number of piperidine rings is 1. The lowest BCUT2D eigenvalue weighted by Crippen LogP contribution is -2.29. The van der Waals surface area contributed by atoms with Crippen LogP contribution in [0, 0.1) is 5.82 Å². The molecule has 2 heterocycles. The number of nitrogens with one attached hydrogen (secondary N) is 1. The third kappa shape index (κ3) is 2.71. The van der Waals surface area contributed by atoms with Crippen LogP contribution in [0.2, 0.25) is 0 Å². The van der Waals surface area contributed by atoms with Crippen LogP contribution in [-0.2, 0) is 6.54 Å². The molecule has 2 aliphatic heterocycles. The molecule has 2 aliphatic rings. The smallest absolute Gasteiger partial charge is 0.251 e.